The first kappa shape index (κ1) is 27.4. The van der Waals surface area contributed by atoms with E-state index in [1.165, 1.54) is 61.6 Å². The molecule has 0 unspecified atom stereocenters. The third-order valence-corrected chi connectivity index (χ3v) is 6.59. The zero-order valence-electron chi connectivity index (χ0n) is 22.4. The Labute approximate surface area is 203 Å². The standard InChI is InChI=1S/C31H48O2/c1-30(2,3)27-22-25(23-33-7)26(28(29(27)32)31(4,5)6)21-17-12-10-8-9-11-14-18-24-19-15-13-16-20-24/h13,15-16,19-20,22,32H,8-12,14,17-18,21,23H2,1-7H3. The second-order valence-electron chi connectivity index (χ2n) is 11.7. The molecule has 0 heterocycles. The molecule has 2 aromatic carbocycles. The van der Waals surface area contributed by atoms with Crippen molar-refractivity contribution in [3.63, 3.8) is 0 Å². The maximum absolute atomic E-state index is 11.3. The lowest BCUT2D eigenvalue weighted by Crippen LogP contribution is -2.21. The van der Waals surface area contributed by atoms with Gasteiger partial charge in [-0.3, -0.25) is 0 Å². The van der Waals surface area contributed by atoms with E-state index in [9.17, 15) is 5.11 Å². The highest BCUT2D eigenvalue weighted by Gasteiger charge is 2.30. The Kier molecular flexibility index (Phi) is 10.5. The van der Waals surface area contributed by atoms with Gasteiger partial charge in [-0.25, -0.2) is 0 Å². The van der Waals surface area contributed by atoms with E-state index < -0.39 is 0 Å². The zero-order chi connectivity index (χ0) is 24.5. The number of phenols is 1. The maximum atomic E-state index is 11.3. The van der Waals surface area contributed by atoms with Crippen LogP contribution in [0.1, 0.15) is 114 Å². The van der Waals surface area contributed by atoms with Crippen molar-refractivity contribution in [3.05, 3.63) is 64.2 Å². The Bertz CT molecular complexity index is 838. The number of phenolic OH excluding ortho intramolecular Hbond substituents is 1. The maximum Gasteiger partial charge on any atom is 0.123 e. The van der Waals surface area contributed by atoms with Crippen LogP contribution in [-0.2, 0) is 35.0 Å². The molecular formula is C31H48O2. The fourth-order valence-electron chi connectivity index (χ4n) is 4.88. The molecule has 0 saturated heterocycles. The van der Waals surface area contributed by atoms with Crippen LogP contribution in [0.4, 0.5) is 0 Å². The molecule has 0 spiro atoms. The minimum absolute atomic E-state index is 0.106. The minimum atomic E-state index is -0.109. The van der Waals surface area contributed by atoms with E-state index >= 15 is 0 Å². The van der Waals surface area contributed by atoms with Gasteiger partial charge < -0.3 is 9.84 Å². The van der Waals surface area contributed by atoms with E-state index in [2.05, 4.69) is 77.9 Å². The fraction of sp³-hybridized carbons (Fsp3) is 0.613. The van der Waals surface area contributed by atoms with Crippen LogP contribution in [0, 0.1) is 0 Å². The third kappa shape index (κ3) is 8.49. The molecule has 0 atom stereocenters. The summed E-state index contributed by atoms with van der Waals surface area (Å²) in [6, 6.07) is 13.0. The summed E-state index contributed by atoms with van der Waals surface area (Å²) in [5.41, 5.74) is 5.93. The summed E-state index contributed by atoms with van der Waals surface area (Å²) < 4.78 is 5.58. The quantitative estimate of drug-likeness (QED) is 0.326. The number of aromatic hydroxyl groups is 1. The molecule has 2 heteroatoms. The van der Waals surface area contributed by atoms with Crippen molar-refractivity contribution < 1.29 is 9.84 Å². The smallest absolute Gasteiger partial charge is 0.123 e. The Morgan fingerprint density at radius 3 is 1.79 bits per heavy atom. The molecule has 2 rings (SSSR count). The summed E-state index contributed by atoms with van der Waals surface area (Å²) in [7, 11) is 1.77. The van der Waals surface area contributed by atoms with Crippen molar-refractivity contribution in [2.75, 3.05) is 7.11 Å². The first-order valence-electron chi connectivity index (χ1n) is 13.0. The van der Waals surface area contributed by atoms with E-state index in [-0.39, 0.29) is 10.8 Å². The first-order valence-corrected chi connectivity index (χ1v) is 13.0. The van der Waals surface area contributed by atoms with Crippen LogP contribution in [-0.4, -0.2) is 12.2 Å². The normalized spacial score (nSPS) is 12.3. The number of ether oxygens (including phenoxy) is 1. The van der Waals surface area contributed by atoms with Crippen LogP contribution < -0.4 is 0 Å². The largest absolute Gasteiger partial charge is 0.507 e. The Morgan fingerprint density at radius 1 is 0.727 bits per heavy atom. The van der Waals surface area contributed by atoms with E-state index in [0.29, 0.717) is 12.4 Å². The predicted octanol–water partition coefficient (Wildman–Crippen LogP) is 8.65. The van der Waals surface area contributed by atoms with Crippen molar-refractivity contribution in [1.82, 2.24) is 0 Å². The number of hydrogen-bond donors (Lipinski definition) is 1. The van der Waals surface area contributed by atoms with Crippen LogP contribution in [0.2, 0.25) is 0 Å². The molecule has 0 aliphatic rings. The minimum Gasteiger partial charge on any atom is -0.507 e. The Morgan fingerprint density at radius 2 is 1.27 bits per heavy atom. The summed E-state index contributed by atoms with van der Waals surface area (Å²) in [6.45, 7) is 13.8. The molecule has 2 nitrogen and oxygen atoms in total. The number of hydrogen-bond acceptors (Lipinski definition) is 2. The van der Waals surface area contributed by atoms with Crippen molar-refractivity contribution in [3.8, 4) is 5.75 Å². The molecule has 0 bridgehead atoms. The summed E-state index contributed by atoms with van der Waals surface area (Å²) in [6.07, 6.45) is 11.2. The SMILES string of the molecule is COCc1cc(C(C)(C)C)c(O)c(C(C)(C)C)c1CCCCCCCCCc1ccccc1. The van der Waals surface area contributed by atoms with Crippen LogP contribution in [0.15, 0.2) is 36.4 Å². The predicted molar refractivity (Wildman–Crippen MR) is 142 cm³/mol. The van der Waals surface area contributed by atoms with Gasteiger partial charge in [0.1, 0.15) is 5.75 Å². The lowest BCUT2D eigenvalue weighted by Gasteiger charge is -2.31. The molecule has 1 N–H and O–H groups in total. The number of aryl methyl sites for hydroxylation is 1. The van der Waals surface area contributed by atoms with Crippen molar-refractivity contribution in [1.29, 1.82) is 0 Å². The van der Waals surface area contributed by atoms with E-state index in [1.807, 2.05) is 0 Å². The number of unbranched alkanes of at least 4 members (excludes halogenated alkanes) is 6. The summed E-state index contributed by atoms with van der Waals surface area (Å²) in [5, 5.41) is 11.3. The van der Waals surface area contributed by atoms with Gasteiger partial charge in [-0.1, -0.05) is 104 Å². The monoisotopic (exact) mass is 452 g/mol. The summed E-state index contributed by atoms with van der Waals surface area (Å²) >= 11 is 0. The van der Waals surface area contributed by atoms with Crippen LogP contribution >= 0.6 is 0 Å². The van der Waals surface area contributed by atoms with Crippen LogP contribution in [0.3, 0.4) is 0 Å². The van der Waals surface area contributed by atoms with E-state index in [4.69, 9.17) is 4.74 Å². The van der Waals surface area contributed by atoms with Gasteiger partial charge in [0.15, 0.2) is 0 Å². The lowest BCUT2D eigenvalue weighted by molar-refractivity contribution is 0.183. The first-order chi connectivity index (χ1) is 15.6. The van der Waals surface area contributed by atoms with Gasteiger partial charge >= 0.3 is 0 Å². The van der Waals surface area contributed by atoms with Crippen LogP contribution in [0.5, 0.6) is 5.75 Å². The molecule has 0 amide bonds. The molecule has 0 fully saturated rings. The highest BCUT2D eigenvalue weighted by Crippen LogP contribution is 2.43. The van der Waals surface area contributed by atoms with Crippen molar-refractivity contribution in [2.45, 2.75) is 117 Å². The van der Waals surface area contributed by atoms with Gasteiger partial charge in [-0.15, -0.1) is 0 Å². The van der Waals surface area contributed by atoms with Gasteiger partial charge in [0.2, 0.25) is 0 Å². The van der Waals surface area contributed by atoms with Crippen molar-refractivity contribution in [2.24, 2.45) is 0 Å². The molecule has 0 aliphatic heterocycles. The van der Waals surface area contributed by atoms with Gasteiger partial charge in [0.25, 0.3) is 0 Å². The molecule has 0 aromatic heterocycles. The highest BCUT2D eigenvalue weighted by atomic mass is 16.5. The molecule has 0 radical (unpaired) electrons. The van der Waals surface area contributed by atoms with E-state index in [1.54, 1.807) is 7.11 Å². The number of methoxy groups -OCH3 is 1. The molecule has 0 saturated carbocycles. The Hall–Kier alpha value is -1.80. The second kappa shape index (κ2) is 12.6. The zero-order valence-corrected chi connectivity index (χ0v) is 22.4. The van der Waals surface area contributed by atoms with Gasteiger partial charge in [0, 0.05) is 12.7 Å². The average molecular weight is 453 g/mol. The second-order valence-corrected chi connectivity index (χ2v) is 11.7. The molecular weight excluding hydrogens is 404 g/mol. The highest BCUT2D eigenvalue weighted by molar-refractivity contribution is 5.55. The van der Waals surface area contributed by atoms with Gasteiger partial charge in [-0.05, 0) is 64.8 Å². The van der Waals surface area contributed by atoms with Crippen molar-refractivity contribution >= 4 is 0 Å². The summed E-state index contributed by atoms with van der Waals surface area (Å²) in [5.74, 6) is 0.489. The van der Waals surface area contributed by atoms with Gasteiger partial charge in [-0.2, -0.15) is 0 Å². The molecule has 0 aliphatic carbocycles. The van der Waals surface area contributed by atoms with E-state index in [0.717, 1.165) is 24.0 Å². The van der Waals surface area contributed by atoms with Crippen LogP contribution in [0.25, 0.3) is 0 Å². The molecule has 184 valence electrons. The fourth-order valence-corrected chi connectivity index (χ4v) is 4.88. The molecule has 2 aromatic rings. The average Bonchev–Trinajstić information content (AvgIpc) is 2.73. The number of benzene rings is 2. The van der Waals surface area contributed by atoms with Gasteiger partial charge in [0.05, 0.1) is 6.61 Å². The number of rotatable bonds is 12. The third-order valence-electron chi connectivity index (χ3n) is 6.59. The lowest BCUT2D eigenvalue weighted by atomic mass is 9.75. The molecule has 33 heavy (non-hydrogen) atoms. The Balaban J connectivity index is 1.93. The topological polar surface area (TPSA) is 29.5 Å². The summed E-state index contributed by atoms with van der Waals surface area (Å²) in [4.78, 5) is 0.